The van der Waals surface area contributed by atoms with Crippen LogP contribution in [0.1, 0.15) is 19.4 Å². The molecule has 0 saturated heterocycles. The van der Waals surface area contributed by atoms with E-state index in [1.807, 2.05) is 12.2 Å². The zero-order chi connectivity index (χ0) is 13.2. The van der Waals surface area contributed by atoms with Gasteiger partial charge in [-0.2, -0.15) is 0 Å². The molecule has 0 radical (unpaired) electrons. The fraction of sp³-hybridized carbons (Fsp3) is 0.333. The van der Waals surface area contributed by atoms with Gasteiger partial charge in [-0.1, -0.05) is 48.8 Å². The lowest BCUT2D eigenvalue weighted by Gasteiger charge is -2.34. The Labute approximate surface area is 115 Å². The van der Waals surface area contributed by atoms with Crippen molar-refractivity contribution >= 4 is 20.2 Å². The van der Waals surface area contributed by atoms with E-state index < -0.39 is 13.6 Å². The summed E-state index contributed by atoms with van der Waals surface area (Å²) in [6.07, 6.45) is 10.3. The highest BCUT2D eigenvalue weighted by molar-refractivity contribution is 7.98. The van der Waals surface area contributed by atoms with Crippen molar-refractivity contribution in [2.75, 3.05) is 6.26 Å². The second-order valence-corrected chi connectivity index (χ2v) is 6.95. The van der Waals surface area contributed by atoms with Gasteiger partial charge >= 0.3 is 8.46 Å². The second-order valence-electron chi connectivity index (χ2n) is 5.08. The van der Waals surface area contributed by atoms with Crippen molar-refractivity contribution in [2.45, 2.75) is 23.9 Å². The van der Waals surface area contributed by atoms with Gasteiger partial charge in [-0.25, -0.2) is 0 Å². The van der Waals surface area contributed by atoms with Gasteiger partial charge in [0.05, 0.1) is 0 Å². The summed E-state index contributed by atoms with van der Waals surface area (Å²) in [5.74, 6) is 0. The molecule has 0 aliphatic heterocycles. The van der Waals surface area contributed by atoms with Crippen LogP contribution in [0.25, 0.3) is 0 Å². The van der Waals surface area contributed by atoms with Crippen LogP contribution in [0.4, 0.5) is 0 Å². The molecule has 3 heteroatoms. The first-order chi connectivity index (χ1) is 8.55. The lowest BCUT2D eigenvalue weighted by atomic mass is 9.71. The normalized spacial score (nSPS) is 25.5. The van der Waals surface area contributed by atoms with Crippen LogP contribution in [0.5, 0.6) is 0 Å². The molecule has 1 aliphatic rings. The maximum absolute atomic E-state index is 11.9. The van der Waals surface area contributed by atoms with E-state index >= 15 is 0 Å². The van der Waals surface area contributed by atoms with Gasteiger partial charge in [0.2, 0.25) is 5.16 Å². The van der Waals surface area contributed by atoms with Gasteiger partial charge in [-0.3, -0.25) is 0 Å². The van der Waals surface area contributed by atoms with E-state index in [2.05, 4.69) is 56.5 Å². The summed E-state index contributed by atoms with van der Waals surface area (Å²) < 4.78 is 11.9. The van der Waals surface area contributed by atoms with Crippen molar-refractivity contribution in [1.29, 1.82) is 0 Å². The largest absolute Gasteiger partial charge is 0.341 e. The molecule has 94 valence electrons. The van der Waals surface area contributed by atoms with Gasteiger partial charge in [0, 0.05) is 15.9 Å². The predicted molar refractivity (Wildman–Crippen MR) is 81.0 cm³/mol. The van der Waals surface area contributed by atoms with E-state index in [1.165, 1.54) is 4.90 Å². The zero-order valence-corrected chi connectivity index (χ0v) is 12.8. The summed E-state index contributed by atoms with van der Waals surface area (Å²) in [4.78, 5) is 1.23. The minimum Gasteiger partial charge on any atom is -0.130 e. The lowest BCUT2D eigenvalue weighted by Crippen LogP contribution is -2.35. The molecule has 0 spiro atoms. The minimum absolute atomic E-state index is 0.136. The highest BCUT2D eigenvalue weighted by Crippen LogP contribution is 2.53. The molecular formula is C15H18OPS+. The van der Waals surface area contributed by atoms with Crippen molar-refractivity contribution < 1.29 is 4.57 Å². The Hall–Kier alpha value is -0.850. The summed E-state index contributed by atoms with van der Waals surface area (Å²) in [6, 6.07) is 8.40. The molecule has 2 rings (SSSR count). The lowest BCUT2D eigenvalue weighted by molar-refractivity contribution is 0.373. The molecule has 1 aromatic rings. The SMILES string of the molecule is CSc1ccc(C2([PH+]=O)C=CC=CC2(C)C)cc1. The Morgan fingerprint density at radius 3 is 2.17 bits per heavy atom. The fourth-order valence-electron chi connectivity index (χ4n) is 2.39. The van der Waals surface area contributed by atoms with Gasteiger partial charge < -0.3 is 0 Å². The zero-order valence-electron chi connectivity index (χ0n) is 10.9. The third kappa shape index (κ3) is 2.08. The van der Waals surface area contributed by atoms with E-state index in [1.54, 1.807) is 11.8 Å². The fourth-order valence-corrected chi connectivity index (χ4v) is 3.59. The van der Waals surface area contributed by atoms with Crippen molar-refractivity contribution in [3.05, 3.63) is 54.1 Å². The molecule has 0 heterocycles. The van der Waals surface area contributed by atoms with Crippen LogP contribution in [0.15, 0.2) is 53.5 Å². The molecule has 0 amide bonds. The molecule has 0 bridgehead atoms. The number of allylic oxidation sites excluding steroid dienone is 4. The molecular weight excluding hydrogens is 259 g/mol. The van der Waals surface area contributed by atoms with Gasteiger partial charge in [-0.05, 0) is 24.5 Å². The van der Waals surface area contributed by atoms with Crippen LogP contribution in [0, 0.1) is 5.41 Å². The monoisotopic (exact) mass is 277 g/mol. The average molecular weight is 277 g/mol. The summed E-state index contributed by atoms with van der Waals surface area (Å²) in [5.41, 5.74) is 0.988. The highest BCUT2D eigenvalue weighted by Gasteiger charge is 2.51. The second kappa shape index (κ2) is 5.03. The molecule has 18 heavy (non-hydrogen) atoms. The molecule has 2 unspecified atom stereocenters. The standard InChI is InChI=1S/C15H17OPS/c1-14(2)10-4-5-11-15(14,17-16)12-6-8-13(18-3)9-7-12/h4-11H,1-3H3/p+1. The van der Waals surface area contributed by atoms with E-state index in [0.29, 0.717) is 0 Å². The third-order valence-electron chi connectivity index (χ3n) is 3.69. The Kier molecular flexibility index (Phi) is 3.79. The summed E-state index contributed by atoms with van der Waals surface area (Å²) >= 11 is 1.72. The first kappa shape index (κ1) is 13.6. The van der Waals surface area contributed by atoms with Crippen LogP contribution in [-0.4, -0.2) is 6.26 Å². The molecule has 1 aliphatic carbocycles. The molecule has 0 fully saturated rings. The number of hydrogen-bond donors (Lipinski definition) is 0. The smallest absolute Gasteiger partial charge is 0.130 e. The first-order valence-electron chi connectivity index (χ1n) is 5.97. The van der Waals surface area contributed by atoms with Crippen LogP contribution in [0.2, 0.25) is 0 Å². The quantitative estimate of drug-likeness (QED) is 0.584. The number of thioether (sulfide) groups is 1. The maximum Gasteiger partial charge on any atom is 0.341 e. The molecule has 1 nitrogen and oxygen atoms in total. The van der Waals surface area contributed by atoms with Gasteiger partial charge in [0.25, 0.3) is 0 Å². The Balaban J connectivity index is 2.52. The highest BCUT2D eigenvalue weighted by atomic mass is 32.2. The molecule has 0 aromatic heterocycles. The Morgan fingerprint density at radius 2 is 1.67 bits per heavy atom. The predicted octanol–water partition coefficient (Wildman–Crippen LogP) is 4.78. The summed E-state index contributed by atoms with van der Waals surface area (Å²) in [6.45, 7) is 4.28. The van der Waals surface area contributed by atoms with Gasteiger partial charge in [0.15, 0.2) is 0 Å². The van der Waals surface area contributed by atoms with Crippen molar-refractivity contribution in [2.24, 2.45) is 5.41 Å². The van der Waals surface area contributed by atoms with Crippen LogP contribution < -0.4 is 0 Å². The number of benzene rings is 1. The van der Waals surface area contributed by atoms with Crippen molar-refractivity contribution in [1.82, 2.24) is 0 Å². The summed E-state index contributed by atoms with van der Waals surface area (Å²) in [5, 5.41) is -0.404. The molecule has 0 N–H and O–H groups in total. The average Bonchev–Trinajstić information content (AvgIpc) is 2.39. The van der Waals surface area contributed by atoms with E-state index in [0.717, 1.165) is 5.56 Å². The van der Waals surface area contributed by atoms with E-state index in [-0.39, 0.29) is 5.41 Å². The van der Waals surface area contributed by atoms with E-state index in [4.69, 9.17) is 0 Å². The maximum atomic E-state index is 11.9. The topological polar surface area (TPSA) is 17.1 Å². The first-order valence-corrected chi connectivity index (χ1v) is 8.10. The van der Waals surface area contributed by atoms with Gasteiger partial charge in [0.1, 0.15) is 0 Å². The molecule has 0 saturated carbocycles. The summed E-state index contributed by atoms with van der Waals surface area (Å²) in [7, 11) is -0.391. The Bertz CT molecular complexity index is 502. The molecule has 2 atom stereocenters. The van der Waals surface area contributed by atoms with Crippen LogP contribution in [0.3, 0.4) is 0 Å². The number of rotatable bonds is 3. The van der Waals surface area contributed by atoms with Crippen LogP contribution in [-0.2, 0) is 9.72 Å². The van der Waals surface area contributed by atoms with Crippen molar-refractivity contribution in [3.63, 3.8) is 0 Å². The van der Waals surface area contributed by atoms with Gasteiger partial charge in [-0.15, -0.1) is 11.8 Å². The van der Waals surface area contributed by atoms with E-state index in [9.17, 15) is 4.57 Å². The molecule has 1 aromatic carbocycles. The number of hydrogen-bond acceptors (Lipinski definition) is 2. The minimum atomic E-state index is -0.404. The van der Waals surface area contributed by atoms with Crippen LogP contribution >= 0.6 is 20.2 Å². The van der Waals surface area contributed by atoms with Crippen molar-refractivity contribution in [3.8, 4) is 0 Å². The third-order valence-corrected chi connectivity index (χ3v) is 5.86. The Morgan fingerprint density at radius 1 is 1.06 bits per heavy atom.